The Morgan fingerprint density at radius 3 is 2.47 bits per heavy atom. The van der Waals surface area contributed by atoms with Crippen LogP contribution in [-0.2, 0) is 11.8 Å². The Bertz CT molecular complexity index is 1370. The maximum Gasteiger partial charge on any atom is 0.337 e. The maximum atomic E-state index is 13.2. The van der Waals surface area contributed by atoms with Gasteiger partial charge >= 0.3 is 5.97 Å². The first-order chi connectivity index (χ1) is 17.9. The van der Waals surface area contributed by atoms with Crippen molar-refractivity contribution in [1.82, 2.24) is 14.5 Å². The van der Waals surface area contributed by atoms with Crippen molar-refractivity contribution in [2.45, 2.75) is 53.1 Å². The summed E-state index contributed by atoms with van der Waals surface area (Å²) in [5.74, 6) is 0.269. The molecule has 2 unspecified atom stereocenters. The molecule has 38 heavy (non-hydrogen) atoms. The molecule has 0 bridgehead atoms. The summed E-state index contributed by atoms with van der Waals surface area (Å²) in [6.45, 7) is 11.8. The molecule has 9 nitrogen and oxygen atoms in total. The molecule has 2 aromatic carbocycles. The molecular formula is C29H39N5O4. The van der Waals surface area contributed by atoms with Crippen LogP contribution in [0.5, 0.6) is 0 Å². The standard InChI is InChI=1S/C24H28N4O3.C5H11NO/c1-14-9-10-28(13-14)24-26-21-18(11-15(2)12-19(21)22(29)27(24)4)16(3)25-20-8-6-5-7-17(20)23(30)31;1-5(2)6(3)4-7/h5-8,11-12,14,16,25H,9-10,13H2,1-4H3,(H,30,31);4-5H,1-3H3. The number of anilines is 2. The SMILES string of the molecule is CC(C)N(C)C=O.Cc1cc(C(C)Nc2ccccc2C(=O)O)c2nc(N3CCC(C)C3)n(C)c(=O)c2c1. The predicted octanol–water partition coefficient (Wildman–Crippen LogP) is 4.44. The molecule has 1 saturated heterocycles. The molecule has 0 radical (unpaired) electrons. The zero-order valence-corrected chi connectivity index (χ0v) is 23.4. The van der Waals surface area contributed by atoms with Crippen LogP contribution < -0.4 is 15.8 Å². The Balaban J connectivity index is 0.000000505. The fourth-order valence-electron chi connectivity index (χ4n) is 4.50. The van der Waals surface area contributed by atoms with E-state index in [9.17, 15) is 19.5 Å². The number of hydrogen-bond acceptors (Lipinski definition) is 6. The number of hydrogen-bond donors (Lipinski definition) is 2. The number of aromatic carboxylic acids is 1. The lowest BCUT2D eigenvalue weighted by Crippen LogP contribution is -2.30. The number of amides is 1. The summed E-state index contributed by atoms with van der Waals surface area (Å²) in [6, 6.07) is 10.8. The minimum atomic E-state index is -0.984. The van der Waals surface area contributed by atoms with Gasteiger partial charge in [0.05, 0.1) is 22.5 Å². The van der Waals surface area contributed by atoms with E-state index in [0.717, 1.165) is 37.0 Å². The highest BCUT2D eigenvalue weighted by molar-refractivity contribution is 5.94. The molecule has 2 N–H and O–H groups in total. The summed E-state index contributed by atoms with van der Waals surface area (Å²) in [7, 11) is 3.54. The lowest BCUT2D eigenvalue weighted by atomic mass is 10.0. The first-order valence-corrected chi connectivity index (χ1v) is 13.0. The van der Waals surface area contributed by atoms with E-state index in [1.165, 1.54) is 0 Å². The summed E-state index contributed by atoms with van der Waals surface area (Å²) >= 11 is 0. The van der Waals surface area contributed by atoms with Crippen molar-refractivity contribution in [3.8, 4) is 0 Å². The second-order valence-electron chi connectivity index (χ2n) is 10.4. The molecule has 9 heteroatoms. The van der Waals surface area contributed by atoms with Crippen molar-refractivity contribution in [3.63, 3.8) is 0 Å². The van der Waals surface area contributed by atoms with Crippen LogP contribution in [0.3, 0.4) is 0 Å². The van der Waals surface area contributed by atoms with Crippen LogP contribution >= 0.6 is 0 Å². The molecule has 1 aromatic heterocycles. The molecule has 1 aliphatic rings. The number of carboxylic acid groups (broad SMARTS) is 1. The van der Waals surface area contributed by atoms with E-state index < -0.39 is 5.97 Å². The third-order valence-corrected chi connectivity index (χ3v) is 7.01. The number of para-hydroxylation sites is 1. The summed E-state index contributed by atoms with van der Waals surface area (Å²) in [5, 5.41) is 13.4. The van der Waals surface area contributed by atoms with Gasteiger partial charge in [0, 0.05) is 44.5 Å². The van der Waals surface area contributed by atoms with Crippen LogP contribution in [0.15, 0.2) is 41.2 Å². The van der Waals surface area contributed by atoms with Gasteiger partial charge in [-0.15, -0.1) is 0 Å². The molecule has 4 rings (SSSR count). The van der Waals surface area contributed by atoms with E-state index in [0.29, 0.717) is 34.5 Å². The Morgan fingerprint density at radius 1 is 1.24 bits per heavy atom. The van der Waals surface area contributed by atoms with E-state index in [1.54, 1.807) is 47.8 Å². The molecule has 1 amide bonds. The number of benzene rings is 2. The van der Waals surface area contributed by atoms with Crippen molar-refractivity contribution >= 4 is 34.9 Å². The summed E-state index contributed by atoms with van der Waals surface area (Å²) in [6.07, 6.45) is 1.91. The van der Waals surface area contributed by atoms with E-state index in [-0.39, 0.29) is 17.2 Å². The van der Waals surface area contributed by atoms with E-state index in [4.69, 9.17) is 4.98 Å². The Morgan fingerprint density at radius 2 is 1.92 bits per heavy atom. The van der Waals surface area contributed by atoms with Gasteiger partial charge in [0.25, 0.3) is 5.56 Å². The topological polar surface area (TPSA) is 108 Å². The van der Waals surface area contributed by atoms with Crippen molar-refractivity contribution in [2.24, 2.45) is 13.0 Å². The van der Waals surface area contributed by atoms with Gasteiger partial charge in [-0.05, 0) is 63.8 Å². The first-order valence-electron chi connectivity index (χ1n) is 13.0. The average Bonchev–Trinajstić information content (AvgIpc) is 3.31. The lowest BCUT2D eigenvalue weighted by molar-refractivity contribution is -0.118. The normalized spacial score (nSPS) is 15.7. The zero-order chi connectivity index (χ0) is 28.1. The van der Waals surface area contributed by atoms with Crippen molar-refractivity contribution < 1.29 is 14.7 Å². The average molecular weight is 522 g/mol. The number of rotatable bonds is 7. The Kier molecular flexibility index (Phi) is 9.14. The fourth-order valence-corrected chi connectivity index (χ4v) is 4.50. The molecule has 0 aliphatic carbocycles. The molecule has 2 heterocycles. The number of nitrogens with one attached hydrogen (secondary N) is 1. The van der Waals surface area contributed by atoms with Gasteiger partial charge in [-0.25, -0.2) is 9.78 Å². The van der Waals surface area contributed by atoms with Gasteiger partial charge in [-0.2, -0.15) is 0 Å². The third kappa shape index (κ3) is 6.33. The number of aryl methyl sites for hydroxylation is 1. The van der Waals surface area contributed by atoms with Crippen LogP contribution in [0.25, 0.3) is 10.9 Å². The number of aromatic nitrogens is 2. The van der Waals surface area contributed by atoms with Crippen LogP contribution in [0, 0.1) is 12.8 Å². The second kappa shape index (κ2) is 12.1. The highest BCUT2D eigenvalue weighted by Gasteiger charge is 2.24. The van der Waals surface area contributed by atoms with Gasteiger partial charge < -0.3 is 20.2 Å². The summed E-state index contributed by atoms with van der Waals surface area (Å²) in [4.78, 5) is 43.4. The van der Waals surface area contributed by atoms with Gasteiger partial charge in [-0.3, -0.25) is 14.2 Å². The van der Waals surface area contributed by atoms with Crippen molar-refractivity contribution in [2.75, 3.05) is 30.4 Å². The van der Waals surface area contributed by atoms with Crippen LogP contribution in [0.1, 0.15) is 61.6 Å². The predicted molar refractivity (Wildman–Crippen MR) is 152 cm³/mol. The van der Waals surface area contributed by atoms with E-state index in [1.807, 2.05) is 39.8 Å². The summed E-state index contributed by atoms with van der Waals surface area (Å²) < 4.78 is 1.64. The van der Waals surface area contributed by atoms with Crippen LogP contribution in [-0.4, -0.2) is 58.1 Å². The van der Waals surface area contributed by atoms with Crippen LogP contribution in [0.4, 0.5) is 11.6 Å². The largest absolute Gasteiger partial charge is 0.478 e. The van der Waals surface area contributed by atoms with Gasteiger partial charge in [0.1, 0.15) is 0 Å². The smallest absolute Gasteiger partial charge is 0.337 e. The van der Waals surface area contributed by atoms with E-state index in [2.05, 4.69) is 17.1 Å². The minimum absolute atomic E-state index is 0.0670. The van der Waals surface area contributed by atoms with Crippen molar-refractivity contribution in [1.29, 1.82) is 0 Å². The van der Waals surface area contributed by atoms with Gasteiger partial charge in [-0.1, -0.05) is 25.1 Å². The highest BCUT2D eigenvalue weighted by Crippen LogP contribution is 2.29. The summed E-state index contributed by atoms with van der Waals surface area (Å²) in [5.41, 5.74) is 3.18. The molecular weight excluding hydrogens is 482 g/mol. The fraction of sp³-hybridized carbons (Fsp3) is 0.448. The second-order valence-corrected chi connectivity index (χ2v) is 10.4. The molecule has 2 atom stereocenters. The molecule has 0 spiro atoms. The zero-order valence-electron chi connectivity index (χ0n) is 23.4. The molecule has 0 saturated carbocycles. The third-order valence-electron chi connectivity index (χ3n) is 7.01. The molecule has 3 aromatic rings. The molecule has 204 valence electrons. The number of carboxylic acids is 1. The quantitative estimate of drug-likeness (QED) is 0.443. The van der Waals surface area contributed by atoms with E-state index >= 15 is 0 Å². The Labute approximate surface area is 224 Å². The molecule has 1 fully saturated rings. The van der Waals surface area contributed by atoms with Gasteiger partial charge in [0.15, 0.2) is 0 Å². The van der Waals surface area contributed by atoms with Crippen molar-refractivity contribution in [3.05, 3.63) is 63.4 Å². The number of carbonyl (C=O) groups excluding carboxylic acids is 1. The monoisotopic (exact) mass is 521 g/mol. The number of fused-ring (bicyclic) bond motifs is 1. The van der Waals surface area contributed by atoms with Gasteiger partial charge in [0.2, 0.25) is 12.4 Å². The first kappa shape index (κ1) is 28.7. The highest BCUT2D eigenvalue weighted by atomic mass is 16.4. The maximum absolute atomic E-state index is 13.2. The Hall–Kier alpha value is -3.88. The number of nitrogens with zero attached hydrogens (tertiary/aromatic N) is 4. The molecule has 1 aliphatic heterocycles. The lowest BCUT2D eigenvalue weighted by Gasteiger charge is -2.23. The number of carbonyl (C=O) groups is 2. The minimum Gasteiger partial charge on any atom is -0.478 e. The van der Waals surface area contributed by atoms with Crippen LogP contribution in [0.2, 0.25) is 0 Å².